The zero-order valence-corrected chi connectivity index (χ0v) is 36.6. The maximum Gasteiger partial charge on any atom is 0.102 e. The van der Waals surface area contributed by atoms with Gasteiger partial charge in [-0.15, -0.1) is 0 Å². The van der Waals surface area contributed by atoms with Gasteiger partial charge in [-0.3, -0.25) is 0 Å². The molecule has 0 saturated heterocycles. The van der Waals surface area contributed by atoms with Crippen LogP contribution in [0.15, 0.2) is 188 Å². The number of aromatic nitrogens is 4. The summed E-state index contributed by atoms with van der Waals surface area (Å²) in [5.41, 5.74) is 13.0. The van der Waals surface area contributed by atoms with E-state index in [0.29, 0.717) is 11.1 Å². The van der Waals surface area contributed by atoms with Crippen LogP contribution in [-0.2, 0) is 5.41 Å². The Morgan fingerprint density at radius 1 is 0.348 bits per heavy atom. The third kappa shape index (κ3) is 5.04. The first-order chi connectivity index (χ1) is 32.4. The first-order valence-corrected chi connectivity index (χ1v) is 22.4. The van der Waals surface area contributed by atoms with E-state index < -0.39 is 5.41 Å². The molecule has 0 atom stereocenters. The van der Waals surface area contributed by atoms with Crippen LogP contribution in [-0.4, -0.2) is 18.3 Å². The molecule has 0 bridgehead atoms. The molecule has 6 nitrogen and oxygen atoms in total. The lowest BCUT2D eigenvalue weighted by Gasteiger charge is -2.27. The number of rotatable bonds is 4. The molecule has 0 saturated carbocycles. The first kappa shape index (κ1) is 37.7. The van der Waals surface area contributed by atoms with Gasteiger partial charge in [0.1, 0.15) is 12.1 Å². The van der Waals surface area contributed by atoms with E-state index in [4.69, 9.17) is 0 Å². The van der Waals surface area contributed by atoms with Crippen LogP contribution in [0.1, 0.15) is 37.5 Å². The Labute approximate surface area is 380 Å². The van der Waals surface area contributed by atoms with Crippen molar-refractivity contribution in [1.82, 2.24) is 18.3 Å². The highest BCUT2D eigenvalue weighted by atomic mass is 15.0. The Hall–Kier alpha value is -8.84. The molecule has 0 amide bonds. The normalized spacial score (nSPS) is 12.1. The summed E-state index contributed by atoms with van der Waals surface area (Å²) in [5.74, 6) is 0. The van der Waals surface area contributed by atoms with Crippen molar-refractivity contribution in [2.24, 2.45) is 0 Å². The fourth-order valence-corrected chi connectivity index (χ4v) is 11.2. The summed E-state index contributed by atoms with van der Waals surface area (Å²) in [6.45, 7) is 6.35. The molecular formula is C60H40N6. The van der Waals surface area contributed by atoms with Gasteiger partial charge in [0, 0.05) is 54.5 Å². The van der Waals surface area contributed by atoms with Gasteiger partial charge in [-0.2, -0.15) is 10.5 Å². The van der Waals surface area contributed by atoms with E-state index in [1.807, 2.05) is 0 Å². The quantitative estimate of drug-likeness (QED) is 0.177. The number of nitriles is 2. The third-order valence-electron chi connectivity index (χ3n) is 13.7. The molecular weight excluding hydrogens is 805 g/mol. The predicted octanol–water partition coefficient (Wildman–Crippen LogP) is 15.1. The van der Waals surface area contributed by atoms with Gasteiger partial charge >= 0.3 is 0 Å². The summed E-state index contributed by atoms with van der Waals surface area (Å²) >= 11 is 0. The van der Waals surface area contributed by atoms with Crippen molar-refractivity contribution in [3.63, 3.8) is 0 Å². The number of para-hydroxylation sites is 6. The van der Waals surface area contributed by atoms with Crippen LogP contribution in [0, 0.1) is 22.7 Å². The van der Waals surface area contributed by atoms with Crippen LogP contribution in [0.25, 0.3) is 110 Å². The van der Waals surface area contributed by atoms with Gasteiger partial charge < -0.3 is 18.3 Å². The zero-order valence-electron chi connectivity index (χ0n) is 36.6. The second-order valence-electron chi connectivity index (χ2n) is 18.3. The van der Waals surface area contributed by atoms with Crippen LogP contribution < -0.4 is 0 Å². The van der Waals surface area contributed by atoms with Crippen molar-refractivity contribution in [2.45, 2.75) is 26.2 Å². The average Bonchev–Trinajstić information content (AvgIpc) is 4.08. The summed E-state index contributed by atoms with van der Waals surface area (Å²) in [7, 11) is 0. The van der Waals surface area contributed by atoms with Crippen LogP contribution >= 0.6 is 0 Å². The van der Waals surface area contributed by atoms with Crippen LogP contribution in [0.2, 0.25) is 0 Å². The Morgan fingerprint density at radius 2 is 0.697 bits per heavy atom. The molecule has 0 aliphatic carbocycles. The molecule has 66 heavy (non-hydrogen) atoms. The van der Waals surface area contributed by atoms with E-state index in [0.717, 1.165) is 116 Å². The molecule has 0 aliphatic rings. The molecule has 4 aromatic heterocycles. The molecule has 9 aromatic carbocycles. The Bertz CT molecular complexity index is 4000. The summed E-state index contributed by atoms with van der Waals surface area (Å²) in [4.78, 5) is 0. The summed E-state index contributed by atoms with van der Waals surface area (Å²) in [6.07, 6.45) is 0. The van der Waals surface area contributed by atoms with E-state index in [2.05, 4.69) is 239 Å². The topological polar surface area (TPSA) is 67.3 Å². The fraction of sp³-hybridized carbons (Fsp3) is 0.0667. The van der Waals surface area contributed by atoms with Crippen molar-refractivity contribution in [3.05, 3.63) is 205 Å². The highest BCUT2D eigenvalue weighted by molar-refractivity contribution is 6.28. The molecule has 0 spiro atoms. The molecule has 13 rings (SSSR count). The van der Waals surface area contributed by atoms with Crippen molar-refractivity contribution < 1.29 is 0 Å². The van der Waals surface area contributed by atoms with Gasteiger partial charge in [0.25, 0.3) is 0 Å². The van der Waals surface area contributed by atoms with Gasteiger partial charge in [-0.05, 0) is 77.7 Å². The highest BCUT2D eigenvalue weighted by Gasteiger charge is 2.32. The van der Waals surface area contributed by atoms with Crippen LogP contribution in [0.5, 0.6) is 0 Å². The lowest BCUT2D eigenvalue weighted by atomic mass is 9.79. The van der Waals surface area contributed by atoms with Gasteiger partial charge in [0.05, 0.1) is 66.6 Å². The molecule has 0 unspecified atom stereocenters. The SMILES string of the molecule is CC(C)(C)c1c(C#N)c(-n2c3ccccc3c3ccc4c(c5ccccc5n4-c4ccccc4)c32)cc(-n2c3ccccc3c3ccc4c(c5ccccc5n4-c4ccccc4)c32)c1C#N. The predicted molar refractivity (Wildman–Crippen MR) is 272 cm³/mol. The van der Waals surface area contributed by atoms with E-state index in [9.17, 15) is 10.5 Å². The van der Waals surface area contributed by atoms with Gasteiger partial charge in [-0.25, -0.2) is 0 Å². The zero-order chi connectivity index (χ0) is 44.4. The van der Waals surface area contributed by atoms with Crippen molar-refractivity contribution in [3.8, 4) is 34.9 Å². The molecule has 310 valence electrons. The number of nitrogens with zero attached hydrogens (tertiary/aromatic N) is 6. The number of benzene rings is 9. The first-order valence-electron chi connectivity index (χ1n) is 22.4. The standard InChI is InChI=1S/C60H40N6/c1-60(2,3)57-45(35-61)53(65-47-26-14-10-22-39(47)41-30-32-51-55(58(41)65)43-24-12-16-28-49(43)63(51)37-18-6-4-7-19-37)34-54(46(57)36-62)66-48-27-15-11-23-40(48)42-31-33-52-56(59(42)66)44-25-13-17-29-50(44)64(52)38-20-8-5-9-21-38/h4-34H,1-3H3. The van der Waals surface area contributed by atoms with Crippen LogP contribution in [0.4, 0.5) is 0 Å². The third-order valence-corrected chi connectivity index (χ3v) is 13.7. The second kappa shape index (κ2) is 13.8. The largest absolute Gasteiger partial charge is 0.309 e. The summed E-state index contributed by atoms with van der Waals surface area (Å²) in [6, 6.07) is 71.8. The molecule has 0 radical (unpaired) electrons. The smallest absolute Gasteiger partial charge is 0.102 e. The van der Waals surface area contributed by atoms with Gasteiger partial charge in [-0.1, -0.05) is 142 Å². The highest BCUT2D eigenvalue weighted by Crippen LogP contribution is 2.47. The lowest BCUT2D eigenvalue weighted by molar-refractivity contribution is 0.586. The number of hydrogen-bond donors (Lipinski definition) is 0. The minimum atomic E-state index is -0.601. The fourth-order valence-electron chi connectivity index (χ4n) is 11.2. The molecule has 4 heterocycles. The Morgan fingerprint density at radius 3 is 1.08 bits per heavy atom. The average molecular weight is 845 g/mol. The maximum absolute atomic E-state index is 11.6. The maximum atomic E-state index is 11.6. The van der Waals surface area contributed by atoms with Crippen molar-refractivity contribution in [1.29, 1.82) is 10.5 Å². The number of fused-ring (bicyclic) bond motifs is 14. The van der Waals surface area contributed by atoms with E-state index in [-0.39, 0.29) is 0 Å². The Balaban J connectivity index is 1.25. The minimum absolute atomic E-state index is 0.487. The lowest BCUT2D eigenvalue weighted by Crippen LogP contribution is -2.19. The molecule has 13 aromatic rings. The van der Waals surface area contributed by atoms with Crippen LogP contribution in [0.3, 0.4) is 0 Å². The summed E-state index contributed by atoms with van der Waals surface area (Å²) < 4.78 is 9.32. The monoisotopic (exact) mass is 844 g/mol. The summed E-state index contributed by atoms with van der Waals surface area (Å²) in [5, 5.41) is 32.0. The minimum Gasteiger partial charge on any atom is -0.309 e. The molecule has 0 N–H and O–H groups in total. The second-order valence-corrected chi connectivity index (χ2v) is 18.3. The van der Waals surface area contributed by atoms with Gasteiger partial charge in [0.15, 0.2) is 0 Å². The molecule has 6 heteroatoms. The molecule has 0 fully saturated rings. The number of hydrogen-bond acceptors (Lipinski definition) is 2. The van der Waals surface area contributed by atoms with Crippen molar-refractivity contribution in [2.75, 3.05) is 0 Å². The Kier molecular flexibility index (Phi) is 7.90. The van der Waals surface area contributed by atoms with E-state index in [1.165, 1.54) is 0 Å². The van der Waals surface area contributed by atoms with Gasteiger partial charge in [0.2, 0.25) is 0 Å². The molecule has 0 aliphatic heterocycles. The van der Waals surface area contributed by atoms with E-state index in [1.54, 1.807) is 0 Å². The van der Waals surface area contributed by atoms with E-state index >= 15 is 0 Å². The van der Waals surface area contributed by atoms with Crippen molar-refractivity contribution >= 4 is 87.2 Å².